The number of hydrogen-bond donors (Lipinski definition) is 2. The molecule has 0 unspecified atom stereocenters. The molecule has 1 aromatic heterocycles. The predicted molar refractivity (Wildman–Crippen MR) is 68.1 cm³/mol. The van der Waals surface area contributed by atoms with Gasteiger partial charge in [-0.2, -0.15) is 0 Å². The van der Waals surface area contributed by atoms with Crippen molar-refractivity contribution in [3.8, 4) is 0 Å². The third-order valence-corrected chi connectivity index (χ3v) is 3.14. The van der Waals surface area contributed by atoms with Crippen LogP contribution in [-0.2, 0) is 0 Å². The Balaban J connectivity index is 2.15. The molecule has 1 fully saturated rings. The topological polar surface area (TPSA) is 78.3 Å². The molecule has 98 valence electrons. The van der Waals surface area contributed by atoms with Crippen molar-refractivity contribution in [1.29, 1.82) is 0 Å². The van der Waals surface area contributed by atoms with E-state index in [2.05, 4.69) is 20.4 Å². The van der Waals surface area contributed by atoms with Crippen LogP contribution in [0.1, 0.15) is 23.2 Å². The number of aromatic carboxylic acids is 1. The SMILES string of the molecule is CN1CCC[C@@H](Nc2nnc(Cl)cc2C(=O)O)C1. The lowest BCUT2D eigenvalue weighted by atomic mass is 10.1. The van der Waals surface area contributed by atoms with Crippen LogP contribution in [0.15, 0.2) is 6.07 Å². The zero-order valence-corrected chi connectivity index (χ0v) is 10.8. The molecular weight excluding hydrogens is 256 g/mol. The maximum Gasteiger partial charge on any atom is 0.339 e. The fraction of sp³-hybridized carbons (Fsp3) is 0.545. The lowest BCUT2D eigenvalue weighted by Crippen LogP contribution is -2.40. The van der Waals surface area contributed by atoms with Gasteiger partial charge in [-0.3, -0.25) is 0 Å². The van der Waals surface area contributed by atoms with E-state index in [1.165, 1.54) is 6.07 Å². The molecule has 18 heavy (non-hydrogen) atoms. The van der Waals surface area contributed by atoms with Crippen LogP contribution < -0.4 is 5.32 Å². The van der Waals surface area contributed by atoms with Crippen LogP contribution in [0.3, 0.4) is 0 Å². The molecule has 2 rings (SSSR count). The highest BCUT2D eigenvalue weighted by Gasteiger charge is 2.20. The molecule has 0 amide bonds. The second-order valence-corrected chi connectivity index (χ2v) is 4.87. The molecule has 1 aliphatic heterocycles. The number of nitrogens with one attached hydrogen (secondary N) is 1. The molecule has 0 radical (unpaired) electrons. The number of anilines is 1. The summed E-state index contributed by atoms with van der Waals surface area (Å²) in [6, 6.07) is 1.50. The van der Waals surface area contributed by atoms with Crippen LogP contribution >= 0.6 is 11.6 Å². The van der Waals surface area contributed by atoms with Crippen molar-refractivity contribution in [1.82, 2.24) is 15.1 Å². The lowest BCUT2D eigenvalue weighted by Gasteiger charge is -2.30. The second kappa shape index (κ2) is 5.49. The van der Waals surface area contributed by atoms with Crippen LogP contribution in [0, 0.1) is 0 Å². The number of hydrogen-bond acceptors (Lipinski definition) is 5. The van der Waals surface area contributed by atoms with Gasteiger partial charge in [0, 0.05) is 12.6 Å². The molecule has 1 saturated heterocycles. The molecule has 0 spiro atoms. The lowest BCUT2D eigenvalue weighted by molar-refractivity contribution is 0.0697. The quantitative estimate of drug-likeness (QED) is 0.863. The average molecular weight is 271 g/mol. The predicted octanol–water partition coefficient (Wildman–Crippen LogP) is 1.33. The van der Waals surface area contributed by atoms with Crippen molar-refractivity contribution < 1.29 is 9.90 Å². The van der Waals surface area contributed by atoms with Crippen LogP contribution in [0.25, 0.3) is 0 Å². The summed E-state index contributed by atoms with van der Waals surface area (Å²) in [5.41, 5.74) is 0.0585. The molecular formula is C11H15ClN4O2. The largest absolute Gasteiger partial charge is 0.478 e. The van der Waals surface area contributed by atoms with Crippen LogP contribution in [0.2, 0.25) is 5.15 Å². The van der Waals surface area contributed by atoms with Gasteiger partial charge in [-0.05, 0) is 32.5 Å². The minimum atomic E-state index is -1.06. The number of likely N-dealkylation sites (tertiary alicyclic amines) is 1. The Bertz CT molecular complexity index is 455. The molecule has 0 saturated carbocycles. The van der Waals surface area contributed by atoms with Crippen molar-refractivity contribution in [3.05, 3.63) is 16.8 Å². The zero-order chi connectivity index (χ0) is 13.1. The van der Waals surface area contributed by atoms with Gasteiger partial charge in [0.2, 0.25) is 0 Å². The number of carboxylic acids is 1. The molecule has 2 N–H and O–H groups in total. The number of nitrogens with zero attached hydrogens (tertiary/aromatic N) is 3. The van der Waals surface area contributed by atoms with Gasteiger partial charge in [0.15, 0.2) is 11.0 Å². The van der Waals surface area contributed by atoms with E-state index >= 15 is 0 Å². The van der Waals surface area contributed by atoms with E-state index in [9.17, 15) is 4.79 Å². The molecule has 6 nitrogen and oxygen atoms in total. The van der Waals surface area contributed by atoms with Crippen molar-refractivity contribution in [2.45, 2.75) is 18.9 Å². The number of halogens is 1. The van der Waals surface area contributed by atoms with E-state index in [1.807, 2.05) is 7.05 Å². The van der Waals surface area contributed by atoms with Crippen LogP contribution in [0.4, 0.5) is 5.82 Å². The smallest absolute Gasteiger partial charge is 0.339 e. The molecule has 1 atom stereocenters. The van der Waals surface area contributed by atoms with Gasteiger partial charge >= 0.3 is 5.97 Å². The number of piperidine rings is 1. The maximum absolute atomic E-state index is 11.1. The average Bonchev–Trinajstić information content (AvgIpc) is 2.31. The fourth-order valence-corrected chi connectivity index (χ4v) is 2.26. The molecule has 0 aromatic carbocycles. The summed E-state index contributed by atoms with van der Waals surface area (Å²) < 4.78 is 0. The number of likely N-dealkylation sites (N-methyl/N-ethyl adjacent to an activating group) is 1. The third-order valence-electron chi connectivity index (χ3n) is 2.96. The molecule has 0 aliphatic carbocycles. The molecule has 0 bridgehead atoms. The Hall–Kier alpha value is -1.40. The summed E-state index contributed by atoms with van der Waals surface area (Å²) in [6.45, 7) is 1.93. The highest BCUT2D eigenvalue weighted by molar-refractivity contribution is 6.29. The second-order valence-electron chi connectivity index (χ2n) is 4.48. The third kappa shape index (κ3) is 3.08. The highest BCUT2D eigenvalue weighted by Crippen LogP contribution is 2.19. The van der Waals surface area contributed by atoms with E-state index in [0.29, 0.717) is 0 Å². The van der Waals surface area contributed by atoms with E-state index in [4.69, 9.17) is 16.7 Å². The fourth-order valence-electron chi connectivity index (χ4n) is 2.12. The van der Waals surface area contributed by atoms with E-state index < -0.39 is 5.97 Å². The summed E-state index contributed by atoms with van der Waals surface area (Å²) in [5, 5.41) is 19.8. The van der Waals surface area contributed by atoms with Gasteiger partial charge in [0.1, 0.15) is 5.56 Å². The maximum atomic E-state index is 11.1. The van der Waals surface area contributed by atoms with Gasteiger partial charge in [-0.25, -0.2) is 4.79 Å². The van der Waals surface area contributed by atoms with Crippen molar-refractivity contribution in [3.63, 3.8) is 0 Å². The number of aromatic nitrogens is 2. The number of carboxylic acid groups (broad SMARTS) is 1. The summed E-state index contributed by atoms with van der Waals surface area (Å²) in [5.74, 6) is -0.773. The van der Waals surface area contributed by atoms with E-state index in [-0.39, 0.29) is 22.6 Å². The Kier molecular flexibility index (Phi) is 3.98. The summed E-state index contributed by atoms with van der Waals surface area (Å²) >= 11 is 5.65. The number of carbonyl (C=O) groups is 1. The molecule has 1 aliphatic rings. The monoisotopic (exact) mass is 270 g/mol. The van der Waals surface area contributed by atoms with Gasteiger partial charge in [0.05, 0.1) is 0 Å². The normalized spacial score (nSPS) is 20.7. The standard InChI is InChI=1S/C11H15ClN4O2/c1-16-4-2-3-7(6-16)13-10-8(11(17)18)5-9(12)14-15-10/h5,7H,2-4,6H2,1H3,(H,13,15)(H,17,18)/t7-/m1/s1. The Morgan fingerprint density at radius 1 is 1.61 bits per heavy atom. The van der Waals surface area contributed by atoms with Gasteiger partial charge in [-0.1, -0.05) is 11.6 Å². The Labute approximate surface area is 110 Å². The minimum Gasteiger partial charge on any atom is -0.478 e. The Morgan fingerprint density at radius 3 is 3.06 bits per heavy atom. The molecule has 1 aromatic rings. The minimum absolute atomic E-state index is 0.0585. The van der Waals surface area contributed by atoms with Crippen LogP contribution in [-0.4, -0.2) is 52.4 Å². The molecule has 2 heterocycles. The Morgan fingerprint density at radius 2 is 2.39 bits per heavy atom. The van der Waals surface area contributed by atoms with Gasteiger partial charge in [-0.15, -0.1) is 10.2 Å². The highest BCUT2D eigenvalue weighted by atomic mass is 35.5. The van der Waals surface area contributed by atoms with E-state index in [0.717, 1.165) is 25.9 Å². The van der Waals surface area contributed by atoms with Crippen molar-refractivity contribution in [2.75, 3.05) is 25.5 Å². The van der Waals surface area contributed by atoms with Gasteiger partial charge < -0.3 is 15.3 Å². The summed E-state index contributed by atoms with van der Waals surface area (Å²) in [7, 11) is 2.04. The van der Waals surface area contributed by atoms with E-state index in [1.54, 1.807) is 0 Å². The van der Waals surface area contributed by atoms with Crippen molar-refractivity contribution in [2.24, 2.45) is 0 Å². The molecule has 7 heteroatoms. The first kappa shape index (κ1) is 13.0. The summed E-state index contributed by atoms with van der Waals surface area (Å²) in [6.07, 6.45) is 2.07. The number of rotatable bonds is 3. The first-order chi connectivity index (χ1) is 8.56. The summed E-state index contributed by atoms with van der Waals surface area (Å²) in [4.78, 5) is 13.3. The van der Waals surface area contributed by atoms with Crippen molar-refractivity contribution >= 4 is 23.4 Å². The zero-order valence-electron chi connectivity index (χ0n) is 10.1. The van der Waals surface area contributed by atoms with Crippen LogP contribution in [0.5, 0.6) is 0 Å². The first-order valence-electron chi connectivity index (χ1n) is 5.78. The first-order valence-corrected chi connectivity index (χ1v) is 6.15. The van der Waals surface area contributed by atoms with Gasteiger partial charge in [0.25, 0.3) is 0 Å².